The summed E-state index contributed by atoms with van der Waals surface area (Å²) in [5.74, 6) is -2.61. The molecule has 0 bridgehead atoms. The monoisotopic (exact) mass is 284 g/mol. The van der Waals surface area contributed by atoms with Gasteiger partial charge in [-0.15, -0.1) is 0 Å². The van der Waals surface area contributed by atoms with Crippen molar-refractivity contribution >= 4 is 18.3 Å². The summed E-state index contributed by atoms with van der Waals surface area (Å²) in [6.07, 6.45) is 1.99. The van der Waals surface area contributed by atoms with Crippen LogP contribution in [0.5, 0.6) is 0 Å². The molecule has 1 aliphatic rings. The number of amides is 1. The normalized spacial score (nSPS) is 19.1. The van der Waals surface area contributed by atoms with E-state index in [0.29, 0.717) is 18.5 Å². The smallest absolute Gasteiger partial charge is 0.411 e. The number of carboxylic acid groups (broad SMARTS) is 1. The molecule has 108 valence electrons. The Bertz CT molecular complexity index is 512. The summed E-state index contributed by atoms with van der Waals surface area (Å²) >= 11 is 0. The molecular formula is C12H14F2N4O2. The molecule has 0 atom stereocenters. The van der Waals surface area contributed by atoms with Crippen molar-refractivity contribution in [2.24, 2.45) is 4.99 Å². The highest BCUT2D eigenvalue weighted by molar-refractivity contribution is 5.82. The molecule has 1 aromatic rings. The van der Waals surface area contributed by atoms with Gasteiger partial charge in [-0.2, -0.15) is 0 Å². The minimum Gasteiger partial charge on any atom is -0.465 e. The molecule has 1 heterocycles. The molecule has 1 aliphatic carbocycles. The third-order valence-corrected chi connectivity index (χ3v) is 3.00. The lowest BCUT2D eigenvalue weighted by Crippen LogP contribution is -2.26. The number of nitrogens with zero attached hydrogens (tertiary/aromatic N) is 3. The average Bonchev–Trinajstić information content (AvgIpc) is 2.37. The highest BCUT2D eigenvalue weighted by Crippen LogP contribution is 2.34. The molecule has 0 saturated heterocycles. The summed E-state index contributed by atoms with van der Waals surface area (Å²) in [7, 11) is 0. The zero-order valence-corrected chi connectivity index (χ0v) is 10.6. The van der Waals surface area contributed by atoms with E-state index in [-0.39, 0.29) is 24.8 Å². The molecule has 0 spiro atoms. The summed E-state index contributed by atoms with van der Waals surface area (Å²) in [4.78, 5) is 22.3. The number of aliphatic imine (C=N–C) groups is 1. The minimum absolute atomic E-state index is 0.0448. The number of carbonyl (C=O) groups is 1. The van der Waals surface area contributed by atoms with Crippen molar-refractivity contribution in [3.8, 4) is 0 Å². The van der Waals surface area contributed by atoms with Gasteiger partial charge in [-0.3, -0.25) is 10.3 Å². The topological polar surface area (TPSA) is 87.5 Å². The quantitative estimate of drug-likeness (QED) is 0.835. The van der Waals surface area contributed by atoms with E-state index in [4.69, 9.17) is 5.11 Å². The number of hydrogen-bond donors (Lipinski definition) is 2. The molecule has 2 N–H and O–H groups in total. The lowest BCUT2D eigenvalue weighted by Gasteiger charge is -2.25. The van der Waals surface area contributed by atoms with Gasteiger partial charge < -0.3 is 5.11 Å². The maximum atomic E-state index is 13.0. The number of hydrogen-bond acceptors (Lipinski definition) is 4. The van der Waals surface area contributed by atoms with Crippen LogP contribution in [0.25, 0.3) is 0 Å². The van der Waals surface area contributed by atoms with E-state index in [1.807, 2.05) is 5.32 Å². The molecule has 0 aliphatic heterocycles. The SMILES string of the molecule is O=C(O)Nc1nccc(/C=N/C2CCC(F)(F)CC2)n1. The first-order valence-corrected chi connectivity index (χ1v) is 6.19. The molecular weight excluding hydrogens is 270 g/mol. The van der Waals surface area contributed by atoms with Crippen LogP contribution in [-0.4, -0.2) is 39.3 Å². The van der Waals surface area contributed by atoms with E-state index in [2.05, 4.69) is 15.0 Å². The Hall–Kier alpha value is -2.12. The first-order chi connectivity index (χ1) is 9.44. The van der Waals surface area contributed by atoms with Gasteiger partial charge in [0.15, 0.2) is 0 Å². The summed E-state index contributed by atoms with van der Waals surface area (Å²) < 4.78 is 26.0. The molecule has 6 nitrogen and oxygen atoms in total. The van der Waals surface area contributed by atoms with Gasteiger partial charge in [0.2, 0.25) is 11.9 Å². The average molecular weight is 284 g/mol. The van der Waals surface area contributed by atoms with E-state index in [0.717, 1.165) is 0 Å². The fraction of sp³-hybridized carbons (Fsp3) is 0.500. The van der Waals surface area contributed by atoms with E-state index in [1.165, 1.54) is 12.4 Å². The Kier molecular flexibility index (Phi) is 4.21. The first kappa shape index (κ1) is 14.3. The second-order valence-electron chi connectivity index (χ2n) is 4.60. The maximum absolute atomic E-state index is 13.0. The summed E-state index contributed by atoms with van der Waals surface area (Å²) in [6, 6.07) is 1.43. The van der Waals surface area contributed by atoms with Crippen molar-refractivity contribution in [1.82, 2.24) is 9.97 Å². The van der Waals surface area contributed by atoms with E-state index in [1.54, 1.807) is 6.07 Å². The second-order valence-corrected chi connectivity index (χ2v) is 4.60. The number of rotatable bonds is 3. The van der Waals surface area contributed by atoms with Gasteiger partial charge >= 0.3 is 6.09 Å². The van der Waals surface area contributed by atoms with Gasteiger partial charge in [-0.1, -0.05) is 0 Å². The molecule has 8 heteroatoms. The van der Waals surface area contributed by atoms with Crippen molar-refractivity contribution in [3.05, 3.63) is 18.0 Å². The van der Waals surface area contributed by atoms with Crippen LogP contribution in [0.4, 0.5) is 19.5 Å². The van der Waals surface area contributed by atoms with Crippen LogP contribution in [-0.2, 0) is 0 Å². The zero-order valence-electron chi connectivity index (χ0n) is 10.6. The van der Waals surface area contributed by atoms with Crippen LogP contribution in [0.2, 0.25) is 0 Å². The number of alkyl halides is 2. The Balaban J connectivity index is 1.96. The van der Waals surface area contributed by atoms with Crippen molar-refractivity contribution < 1.29 is 18.7 Å². The van der Waals surface area contributed by atoms with Gasteiger partial charge in [-0.25, -0.2) is 23.5 Å². The van der Waals surface area contributed by atoms with E-state index in [9.17, 15) is 13.6 Å². The zero-order chi connectivity index (χ0) is 14.6. The Morgan fingerprint density at radius 1 is 1.50 bits per heavy atom. The van der Waals surface area contributed by atoms with E-state index >= 15 is 0 Å². The molecule has 0 radical (unpaired) electrons. The van der Waals surface area contributed by atoms with Crippen molar-refractivity contribution in [2.75, 3.05) is 5.32 Å². The molecule has 2 rings (SSSR count). The lowest BCUT2D eigenvalue weighted by atomic mass is 9.93. The number of halogens is 2. The predicted octanol–water partition coefficient (Wildman–Crippen LogP) is 2.56. The second kappa shape index (κ2) is 5.89. The fourth-order valence-electron chi connectivity index (χ4n) is 1.96. The Morgan fingerprint density at radius 2 is 2.20 bits per heavy atom. The third kappa shape index (κ3) is 4.22. The minimum atomic E-state index is -2.57. The molecule has 20 heavy (non-hydrogen) atoms. The van der Waals surface area contributed by atoms with Crippen LogP contribution >= 0.6 is 0 Å². The summed E-state index contributed by atoms with van der Waals surface area (Å²) in [5.41, 5.74) is 0.432. The molecule has 0 aromatic carbocycles. The van der Waals surface area contributed by atoms with E-state index < -0.39 is 12.0 Å². The van der Waals surface area contributed by atoms with Gasteiger partial charge in [-0.05, 0) is 18.9 Å². The van der Waals surface area contributed by atoms with Gasteiger partial charge in [0.25, 0.3) is 0 Å². The lowest BCUT2D eigenvalue weighted by molar-refractivity contribution is -0.0373. The van der Waals surface area contributed by atoms with Crippen molar-refractivity contribution in [3.63, 3.8) is 0 Å². The maximum Gasteiger partial charge on any atom is 0.411 e. The Morgan fingerprint density at radius 3 is 2.85 bits per heavy atom. The molecule has 1 aromatic heterocycles. The third-order valence-electron chi connectivity index (χ3n) is 3.00. The summed E-state index contributed by atoms with van der Waals surface area (Å²) in [5, 5.41) is 10.6. The molecule has 0 unspecified atom stereocenters. The summed E-state index contributed by atoms with van der Waals surface area (Å²) in [6.45, 7) is 0. The Labute approximate surface area is 114 Å². The van der Waals surface area contributed by atoms with Crippen LogP contribution in [0.1, 0.15) is 31.4 Å². The van der Waals surface area contributed by atoms with Crippen LogP contribution in [0.3, 0.4) is 0 Å². The van der Waals surface area contributed by atoms with Crippen molar-refractivity contribution in [2.45, 2.75) is 37.6 Å². The number of anilines is 1. The molecule has 1 amide bonds. The highest BCUT2D eigenvalue weighted by atomic mass is 19.3. The molecule has 1 fully saturated rings. The van der Waals surface area contributed by atoms with Gasteiger partial charge in [0, 0.05) is 25.3 Å². The fourth-order valence-corrected chi connectivity index (χ4v) is 1.96. The standard InChI is InChI=1S/C12H14F2N4O2/c13-12(14)4-1-8(2-5-12)16-7-9-3-6-15-10(17-9)18-11(19)20/h3,6-8H,1-2,4-5H2,(H,19,20)(H,15,17,18)/b16-7+. The number of nitrogens with one attached hydrogen (secondary N) is 1. The largest absolute Gasteiger partial charge is 0.465 e. The van der Waals surface area contributed by atoms with Crippen LogP contribution < -0.4 is 5.32 Å². The molecule has 1 saturated carbocycles. The van der Waals surface area contributed by atoms with Crippen LogP contribution in [0, 0.1) is 0 Å². The highest BCUT2D eigenvalue weighted by Gasteiger charge is 2.34. The first-order valence-electron chi connectivity index (χ1n) is 6.19. The predicted molar refractivity (Wildman–Crippen MR) is 68.5 cm³/mol. The van der Waals surface area contributed by atoms with Gasteiger partial charge in [0.1, 0.15) is 0 Å². The van der Waals surface area contributed by atoms with Gasteiger partial charge in [0.05, 0.1) is 11.7 Å². The number of aromatic nitrogens is 2. The van der Waals surface area contributed by atoms with Crippen LogP contribution in [0.15, 0.2) is 17.3 Å². The van der Waals surface area contributed by atoms with Crippen molar-refractivity contribution in [1.29, 1.82) is 0 Å².